The van der Waals surface area contributed by atoms with E-state index in [1.54, 1.807) is 43.5 Å². The molecule has 7 heteroatoms. The summed E-state index contributed by atoms with van der Waals surface area (Å²) in [6.07, 6.45) is 1.46. The SMILES string of the molecule is CCOc1ccc(C(=O)N/N=C/c2c(OC)cc(OC)cc2OC)cc1. The summed E-state index contributed by atoms with van der Waals surface area (Å²) < 4.78 is 21.2. The lowest BCUT2D eigenvalue weighted by Gasteiger charge is -2.12. The van der Waals surface area contributed by atoms with Gasteiger partial charge in [-0.25, -0.2) is 5.43 Å². The number of hydrogen-bond donors (Lipinski definition) is 1. The molecule has 0 radical (unpaired) electrons. The molecule has 26 heavy (non-hydrogen) atoms. The van der Waals surface area contributed by atoms with Gasteiger partial charge in [-0.1, -0.05) is 0 Å². The second-order valence-corrected chi connectivity index (χ2v) is 5.10. The Morgan fingerprint density at radius 2 is 1.62 bits per heavy atom. The van der Waals surface area contributed by atoms with E-state index in [1.807, 2.05) is 6.92 Å². The molecule has 0 heterocycles. The summed E-state index contributed by atoms with van der Waals surface area (Å²) in [5.74, 6) is 1.99. The highest BCUT2D eigenvalue weighted by Gasteiger charge is 2.12. The molecule has 0 aromatic heterocycles. The zero-order valence-electron chi connectivity index (χ0n) is 15.2. The minimum atomic E-state index is -0.337. The zero-order valence-corrected chi connectivity index (χ0v) is 15.2. The largest absolute Gasteiger partial charge is 0.496 e. The van der Waals surface area contributed by atoms with E-state index in [4.69, 9.17) is 18.9 Å². The third kappa shape index (κ3) is 4.66. The summed E-state index contributed by atoms with van der Waals surface area (Å²) >= 11 is 0. The van der Waals surface area contributed by atoms with Crippen molar-refractivity contribution in [2.45, 2.75) is 6.92 Å². The summed E-state index contributed by atoms with van der Waals surface area (Å²) in [5.41, 5.74) is 3.53. The van der Waals surface area contributed by atoms with Crippen LogP contribution in [0.25, 0.3) is 0 Å². The first kappa shape index (κ1) is 19.1. The molecule has 0 spiro atoms. The van der Waals surface area contributed by atoms with Gasteiger partial charge in [0.15, 0.2) is 0 Å². The van der Waals surface area contributed by atoms with Crippen molar-refractivity contribution in [1.82, 2.24) is 5.43 Å². The van der Waals surface area contributed by atoms with Crippen LogP contribution in [0.3, 0.4) is 0 Å². The quantitative estimate of drug-likeness (QED) is 0.580. The van der Waals surface area contributed by atoms with Crippen LogP contribution >= 0.6 is 0 Å². The summed E-state index contributed by atoms with van der Waals surface area (Å²) in [5, 5.41) is 3.99. The number of nitrogens with zero attached hydrogens (tertiary/aromatic N) is 1. The lowest BCUT2D eigenvalue weighted by Crippen LogP contribution is -2.17. The fourth-order valence-electron chi connectivity index (χ4n) is 2.25. The number of benzene rings is 2. The van der Waals surface area contributed by atoms with E-state index in [0.717, 1.165) is 0 Å². The molecule has 138 valence electrons. The molecule has 0 fully saturated rings. The van der Waals surface area contributed by atoms with Crippen LogP contribution in [-0.4, -0.2) is 40.1 Å². The molecule has 0 saturated carbocycles. The standard InChI is InChI=1S/C19H22N2O5/c1-5-26-14-8-6-13(7-9-14)19(22)21-20-12-16-17(24-3)10-15(23-2)11-18(16)25-4/h6-12H,5H2,1-4H3,(H,21,22)/b20-12+. The molecular weight excluding hydrogens is 336 g/mol. The molecule has 1 amide bonds. The number of hydrogen-bond acceptors (Lipinski definition) is 6. The topological polar surface area (TPSA) is 78.4 Å². The number of amides is 1. The predicted octanol–water partition coefficient (Wildman–Crippen LogP) is 2.88. The third-order valence-corrected chi connectivity index (χ3v) is 3.54. The highest BCUT2D eigenvalue weighted by molar-refractivity contribution is 5.95. The fourth-order valence-corrected chi connectivity index (χ4v) is 2.25. The van der Waals surface area contributed by atoms with Gasteiger partial charge in [0, 0.05) is 17.7 Å². The first-order chi connectivity index (χ1) is 12.6. The molecule has 0 aliphatic rings. The van der Waals surface area contributed by atoms with Crippen LogP contribution in [0.2, 0.25) is 0 Å². The van der Waals surface area contributed by atoms with Crippen LogP contribution in [0, 0.1) is 0 Å². The van der Waals surface area contributed by atoms with Gasteiger partial charge in [-0.2, -0.15) is 5.10 Å². The summed E-state index contributed by atoms with van der Waals surface area (Å²) in [6, 6.07) is 10.2. The van der Waals surface area contributed by atoms with E-state index >= 15 is 0 Å². The van der Waals surface area contributed by atoms with Crippen LogP contribution in [0.5, 0.6) is 23.0 Å². The van der Waals surface area contributed by atoms with Gasteiger partial charge in [-0.3, -0.25) is 4.79 Å². The molecule has 0 aliphatic carbocycles. The first-order valence-corrected chi connectivity index (χ1v) is 7.99. The zero-order chi connectivity index (χ0) is 18.9. The highest BCUT2D eigenvalue weighted by atomic mass is 16.5. The van der Waals surface area contributed by atoms with Gasteiger partial charge in [-0.15, -0.1) is 0 Å². The number of hydrazone groups is 1. The van der Waals surface area contributed by atoms with Gasteiger partial charge in [0.2, 0.25) is 0 Å². The highest BCUT2D eigenvalue weighted by Crippen LogP contribution is 2.32. The Bertz CT molecular complexity index is 747. The van der Waals surface area contributed by atoms with Crippen LogP contribution < -0.4 is 24.4 Å². The number of carbonyl (C=O) groups excluding carboxylic acids is 1. The van der Waals surface area contributed by atoms with Gasteiger partial charge in [0.05, 0.1) is 39.7 Å². The summed E-state index contributed by atoms with van der Waals surface area (Å²) in [7, 11) is 4.62. The number of rotatable bonds is 8. The predicted molar refractivity (Wildman–Crippen MR) is 98.8 cm³/mol. The molecule has 2 rings (SSSR count). The second kappa shape index (κ2) is 9.31. The molecule has 0 atom stereocenters. The molecular formula is C19H22N2O5. The maximum absolute atomic E-state index is 12.2. The Labute approximate surface area is 152 Å². The monoisotopic (exact) mass is 358 g/mol. The van der Waals surface area contributed by atoms with Crippen molar-refractivity contribution in [3.05, 3.63) is 47.5 Å². The number of ether oxygens (including phenoxy) is 4. The minimum Gasteiger partial charge on any atom is -0.496 e. The van der Waals surface area contributed by atoms with Crippen LogP contribution in [0.4, 0.5) is 0 Å². The van der Waals surface area contributed by atoms with Gasteiger partial charge in [0.1, 0.15) is 23.0 Å². The molecule has 7 nitrogen and oxygen atoms in total. The van der Waals surface area contributed by atoms with E-state index in [1.165, 1.54) is 20.4 Å². The molecule has 0 aliphatic heterocycles. The maximum atomic E-state index is 12.2. The maximum Gasteiger partial charge on any atom is 0.271 e. The van der Waals surface area contributed by atoms with Crippen molar-refractivity contribution in [3.8, 4) is 23.0 Å². The Balaban J connectivity index is 2.13. The number of carbonyl (C=O) groups is 1. The Morgan fingerprint density at radius 1 is 1.00 bits per heavy atom. The smallest absolute Gasteiger partial charge is 0.271 e. The lowest BCUT2D eigenvalue weighted by atomic mass is 10.2. The molecule has 0 unspecified atom stereocenters. The Morgan fingerprint density at radius 3 is 2.12 bits per heavy atom. The Kier molecular flexibility index (Phi) is 6.84. The molecule has 2 aromatic carbocycles. The van der Waals surface area contributed by atoms with E-state index in [9.17, 15) is 4.79 Å². The molecule has 0 bridgehead atoms. The normalized spacial score (nSPS) is 10.5. The van der Waals surface area contributed by atoms with E-state index < -0.39 is 0 Å². The molecule has 2 aromatic rings. The lowest BCUT2D eigenvalue weighted by molar-refractivity contribution is 0.0955. The van der Waals surface area contributed by atoms with Crippen molar-refractivity contribution in [2.75, 3.05) is 27.9 Å². The number of nitrogens with one attached hydrogen (secondary N) is 1. The summed E-state index contributed by atoms with van der Waals surface area (Å²) in [6.45, 7) is 2.47. The van der Waals surface area contributed by atoms with Crippen LogP contribution in [0.1, 0.15) is 22.8 Å². The summed E-state index contributed by atoms with van der Waals surface area (Å²) in [4.78, 5) is 12.2. The molecule has 1 N–H and O–H groups in total. The van der Waals surface area contributed by atoms with Crippen molar-refractivity contribution >= 4 is 12.1 Å². The second-order valence-electron chi connectivity index (χ2n) is 5.10. The molecule has 0 saturated heterocycles. The van der Waals surface area contributed by atoms with Crippen molar-refractivity contribution in [2.24, 2.45) is 5.10 Å². The fraction of sp³-hybridized carbons (Fsp3) is 0.263. The average Bonchev–Trinajstić information content (AvgIpc) is 2.68. The third-order valence-electron chi connectivity index (χ3n) is 3.54. The van der Waals surface area contributed by atoms with E-state index in [-0.39, 0.29) is 5.91 Å². The van der Waals surface area contributed by atoms with Gasteiger partial charge >= 0.3 is 0 Å². The van der Waals surface area contributed by atoms with Gasteiger partial charge in [0.25, 0.3) is 5.91 Å². The van der Waals surface area contributed by atoms with Gasteiger partial charge < -0.3 is 18.9 Å². The van der Waals surface area contributed by atoms with Crippen molar-refractivity contribution in [3.63, 3.8) is 0 Å². The van der Waals surface area contributed by atoms with Crippen molar-refractivity contribution < 1.29 is 23.7 Å². The van der Waals surface area contributed by atoms with Crippen LogP contribution in [0.15, 0.2) is 41.5 Å². The number of methoxy groups -OCH3 is 3. The van der Waals surface area contributed by atoms with Crippen molar-refractivity contribution in [1.29, 1.82) is 0 Å². The first-order valence-electron chi connectivity index (χ1n) is 7.99. The average molecular weight is 358 g/mol. The van der Waals surface area contributed by atoms with Gasteiger partial charge in [-0.05, 0) is 31.2 Å². The van der Waals surface area contributed by atoms with Crippen LogP contribution in [-0.2, 0) is 0 Å². The minimum absolute atomic E-state index is 0.337. The van der Waals surface area contributed by atoms with E-state index in [0.29, 0.717) is 40.7 Å². The van der Waals surface area contributed by atoms with E-state index in [2.05, 4.69) is 10.5 Å². The Hall–Kier alpha value is -3.22.